The van der Waals surface area contributed by atoms with Crippen LogP contribution in [-0.4, -0.2) is 47.7 Å². The molecule has 2 heterocycles. The average molecular weight is 278 g/mol. The second-order valence-corrected chi connectivity index (χ2v) is 5.49. The lowest BCUT2D eigenvalue weighted by Gasteiger charge is -2.19. The number of hydrogen-bond acceptors (Lipinski definition) is 5. The van der Waals surface area contributed by atoms with Gasteiger partial charge in [0.05, 0.1) is 12.2 Å². The summed E-state index contributed by atoms with van der Waals surface area (Å²) in [5.41, 5.74) is 0.997. The number of nitrogens with zero attached hydrogens (tertiary/aromatic N) is 3. The zero-order chi connectivity index (χ0) is 14.5. The van der Waals surface area contributed by atoms with Gasteiger partial charge in [-0.15, -0.1) is 0 Å². The first-order chi connectivity index (χ1) is 9.61. The third kappa shape index (κ3) is 3.60. The summed E-state index contributed by atoms with van der Waals surface area (Å²) < 4.78 is 5.90. The molecule has 20 heavy (non-hydrogen) atoms. The summed E-state index contributed by atoms with van der Waals surface area (Å²) in [7, 11) is 2.20. The van der Waals surface area contributed by atoms with Crippen LogP contribution in [0.1, 0.15) is 37.6 Å². The fourth-order valence-corrected chi connectivity index (χ4v) is 2.72. The Morgan fingerprint density at radius 1 is 1.35 bits per heavy atom. The lowest BCUT2D eigenvalue weighted by molar-refractivity contribution is 0.227. The van der Waals surface area contributed by atoms with Crippen LogP contribution in [0.5, 0.6) is 5.88 Å². The molecule has 1 N–H and O–H groups in total. The van der Waals surface area contributed by atoms with Crippen LogP contribution in [0.3, 0.4) is 0 Å². The minimum absolute atomic E-state index is 0.659. The molecule has 2 rings (SSSR count). The van der Waals surface area contributed by atoms with Gasteiger partial charge in [0.1, 0.15) is 11.6 Å². The molecule has 0 radical (unpaired) electrons. The quantitative estimate of drug-likeness (QED) is 0.866. The molecule has 0 spiro atoms. The molecule has 1 aliphatic heterocycles. The van der Waals surface area contributed by atoms with Crippen molar-refractivity contribution in [3.8, 4) is 5.88 Å². The van der Waals surface area contributed by atoms with Gasteiger partial charge in [0.2, 0.25) is 5.88 Å². The molecule has 1 fully saturated rings. The average Bonchev–Trinajstić information content (AvgIpc) is 2.81. The summed E-state index contributed by atoms with van der Waals surface area (Å²) in [6.07, 6.45) is 3.65. The third-order valence-electron chi connectivity index (χ3n) is 3.92. The van der Waals surface area contributed by atoms with E-state index in [1.807, 2.05) is 13.8 Å². The summed E-state index contributed by atoms with van der Waals surface area (Å²) in [6.45, 7) is 8.75. The molecule has 1 aliphatic rings. The van der Waals surface area contributed by atoms with E-state index in [9.17, 15) is 0 Å². The Morgan fingerprint density at radius 2 is 2.15 bits per heavy atom. The molecule has 1 saturated heterocycles. The van der Waals surface area contributed by atoms with Gasteiger partial charge in [0.25, 0.3) is 0 Å². The first-order valence-corrected chi connectivity index (χ1v) is 7.54. The van der Waals surface area contributed by atoms with Crippen molar-refractivity contribution >= 4 is 5.82 Å². The number of nitrogens with one attached hydrogen (secondary N) is 1. The summed E-state index contributed by atoms with van der Waals surface area (Å²) in [4.78, 5) is 11.2. The lowest BCUT2D eigenvalue weighted by atomic mass is 10.1. The first-order valence-electron chi connectivity index (χ1n) is 7.54. The van der Waals surface area contributed by atoms with Crippen LogP contribution in [0.25, 0.3) is 0 Å². The van der Waals surface area contributed by atoms with E-state index in [2.05, 4.69) is 34.2 Å². The summed E-state index contributed by atoms with van der Waals surface area (Å²) >= 11 is 0. The van der Waals surface area contributed by atoms with Gasteiger partial charge in [0, 0.05) is 12.6 Å². The zero-order valence-electron chi connectivity index (χ0n) is 13.1. The Bertz CT molecular complexity index is 450. The van der Waals surface area contributed by atoms with E-state index in [0.717, 1.165) is 36.8 Å². The van der Waals surface area contributed by atoms with Crippen LogP contribution in [0.15, 0.2) is 0 Å². The Kier molecular flexibility index (Phi) is 5.17. The van der Waals surface area contributed by atoms with Crippen molar-refractivity contribution in [2.24, 2.45) is 0 Å². The van der Waals surface area contributed by atoms with Gasteiger partial charge in [-0.2, -0.15) is 4.98 Å². The maximum Gasteiger partial charge on any atom is 0.221 e. The molecule has 112 valence electrons. The van der Waals surface area contributed by atoms with Gasteiger partial charge in [0.15, 0.2) is 0 Å². The minimum atomic E-state index is 0.659. The molecule has 0 bridgehead atoms. The highest BCUT2D eigenvalue weighted by atomic mass is 16.5. The van der Waals surface area contributed by atoms with Crippen molar-refractivity contribution < 1.29 is 4.74 Å². The Balaban J connectivity index is 1.95. The molecule has 1 aromatic heterocycles. The number of likely N-dealkylation sites (tertiary alicyclic amines) is 1. The second kappa shape index (κ2) is 6.88. The van der Waals surface area contributed by atoms with Crippen LogP contribution in [0, 0.1) is 13.8 Å². The van der Waals surface area contributed by atoms with Gasteiger partial charge in [-0.05, 0) is 53.6 Å². The summed E-state index contributed by atoms with van der Waals surface area (Å²) in [6, 6.07) is 0.659. The Morgan fingerprint density at radius 3 is 2.80 bits per heavy atom. The van der Waals surface area contributed by atoms with Crippen LogP contribution in [-0.2, 0) is 0 Å². The fraction of sp³-hybridized carbons (Fsp3) is 0.733. The number of aryl methyl sites for hydroxylation is 1. The lowest BCUT2D eigenvalue weighted by Crippen LogP contribution is -2.26. The fourth-order valence-electron chi connectivity index (χ4n) is 2.72. The monoisotopic (exact) mass is 278 g/mol. The van der Waals surface area contributed by atoms with E-state index in [1.54, 1.807) is 0 Å². The highest BCUT2D eigenvalue weighted by Crippen LogP contribution is 2.23. The van der Waals surface area contributed by atoms with Crippen molar-refractivity contribution in [1.29, 1.82) is 0 Å². The maximum atomic E-state index is 5.90. The van der Waals surface area contributed by atoms with E-state index < -0.39 is 0 Å². The van der Waals surface area contributed by atoms with Crippen molar-refractivity contribution in [3.05, 3.63) is 11.4 Å². The predicted molar refractivity (Wildman–Crippen MR) is 81.4 cm³/mol. The number of hydrogen-bond donors (Lipinski definition) is 1. The van der Waals surface area contributed by atoms with Crippen molar-refractivity contribution in [1.82, 2.24) is 14.9 Å². The summed E-state index contributed by atoms with van der Waals surface area (Å²) in [5, 5.41) is 3.26. The van der Waals surface area contributed by atoms with E-state index in [4.69, 9.17) is 4.74 Å². The number of anilines is 1. The number of rotatable bonds is 6. The molecule has 1 atom stereocenters. The zero-order valence-corrected chi connectivity index (χ0v) is 13.1. The van der Waals surface area contributed by atoms with Crippen molar-refractivity contribution in [2.75, 3.05) is 32.1 Å². The second-order valence-electron chi connectivity index (χ2n) is 5.49. The van der Waals surface area contributed by atoms with Crippen LogP contribution in [0.2, 0.25) is 0 Å². The van der Waals surface area contributed by atoms with Crippen molar-refractivity contribution in [2.45, 2.75) is 46.1 Å². The van der Waals surface area contributed by atoms with Gasteiger partial charge in [-0.3, -0.25) is 0 Å². The molecule has 1 unspecified atom stereocenters. The number of ether oxygens (including phenoxy) is 1. The molecule has 0 aromatic carbocycles. The molecule has 5 heteroatoms. The molecule has 0 saturated carbocycles. The number of aromatic nitrogens is 2. The predicted octanol–water partition coefficient (Wildman–Crippen LogP) is 2.39. The van der Waals surface area contributed by atoms with Gasteiger partial charge < -0.3 is 15.0 Å². The largest absolute Gasteiger partial charge is 0.477 e. The molecule has 5 nitrogen and oxygen atoms in total. The Hall–Kier alpha value is -1.36. The van der Waals surface area contributed by atoms with E-state index in [1.165, 1.54) is 19.4 Å². The van der Waals surface area contributed by atoms with Crippen LogP contribution < -0.4 is 10.1 Å². The van der Waals surface area contributed by atoms with E-state index >= 15 is 0 Å². The normalized spacial score (nSPS) is 19.3. The smallest absolute Gasteiger partial charge is 0.221 e. The van der Waals surface area contributed by atoms with Gasteiger partial charge in [-0.1, -0.05) is 0 Å². The molecule has 1 aromatic rings. The first kappa shape index (κ1) is 15.0. The molecular formula is C15H26N4O. The van der Waals surface area contributed by atoms with E-state index in [0.29, 0.717) is 11.9 Å². The molecule has 0 aliphatic carbocycles. The van der Waals surface area contributed by atoms with Gasteiger partial charge in [-0.25, -0.2) is 4.98 Å². The highest BCUT2D eigenvalue weighted by molar-refractivity contribution is 5.48. The van der Waals surface area contributed by atoms with Crippen LogP contribution in [0.4, 0.5) is 5.82 Å². The highest BCUT2D eigenvalue weighted by Gasteiger charge is 2.20. The minimum Gasteiger partial charge on any atom is -0.477 e. The topological polar surface area (TPSA) is 50.3 Å². The summed E-state index contributed by atoms with van der Waals surface area (Å²) in [5.74, 6) is 2.35. The van der Waals surface area contributed by atoms with Crippen LogP contribution >= 0.6 is 0 Å². The molecular weight excluding hydrogens is 252 g/mol. The SMILES string of the molecule is CCNc1nc(C)nc(OCCC2CCCN2C)c1C. The third-order valence-corrected chi connectivity index (χ3v) is 3.92. The van der Waals surface area contributed by atoms with Crippen molar-refractivity contribution in [3.63, 3.8) is 0 Å². The Labute approximate surface area is 121 Å². The van der Waals surface area contributed by atoms with Gasteiger partial charge >= 0.3 is 0 Å². The maximum absolute atomic E-state index is 5.90. The molecule has 0 amide bonds. The van der Waals surface area contributed by atoms with E-state index in [-0.39, 0.29) is 0 Å². The standard InChI is InChI=1S/C15H26N4O/c1-5-16-14-11(2)15(18-12(3)17-14)20-10-8-13-7-6-9-19(13)4/h13H,5-10H2,1-4H3,(H,16,17,18).